The molecule has 1 atom stereocenters. The summed E-state index contributed by atoms with van der Waals surface area (Å²) in [5.41, 5.74) is -0.186. The quantitative estimate of drug-likeness (QED) is 0.751. The van der Waals surface area contributed by atoms with E-state index in [0.717, 1.165) is 12.8 Å². The van der Waals surface area contributed by atoms with Gasteiger partial charge in [-0.3, -0.25) is 14.4 Å². The number of carbonyl (C=O) groups excluding carboxylic acids is 3. The standard InChI is InChI=1S/C16H25N3O4/c1-2-14(21)19-9-12(16(11-19)3-7-23-8-4-16)15(22)18-6-5-17-13(20)10-18/h12H,2-11H2,1H3,(H,17,20). The van der Waals surface area contributed by atoms with Gasteiger partial charge in [0.2, 0.25) is 17.7 Å². The number of nitrogens with one attached hydrogen (secondary N) is 1. The lowest BCUT2D eigenvalue weighted by atomic mass is 9.71. The highest BCUT2D eigenvalue weighted by molar-refractivity contribution is 5.88. The molecule has 3 aliphatic heterocycles. The van der Waals surface area contributed by atoms with Crippen LogP contribution in [0.25, 0.3) is 0 Å². The summed E-state index contributed by atoms with van der Waals surface area (Å²) in [6.45, 7) is 5.42. The van der Waals surface area contributed by atoms with Crippen molar-refractivity contribution in [3.05, 3.63) is 0 Å². The number of piperazine rings is 1. The molecule has 7 nitrogen and oxygen atoms in total. The predicted molar refractivity (Wildman–Crippen MR) is 82.4 cm³/mol. The van der Waals surface area contributed by atoms with E-state index >= 15 is 0 Å². The van der Waals surface area contributed by atoms with E-state index in [1.54, 1.807) is 4.90 Å². The van der Waals surface area contributed by atoms with Crippen LogP contribution in [0.5, 0.6) is 0 Å². The highest BCUT2D eigenvalue weighted by Gasteiger charge is 2.52. The zero-order chi connectivity index (χ0) is 16.4. The lowest BCUT2D eigenvalue weighted by Crippen LogP contribution is -2.54. The molecule has 128 valence electrons. The summed E-state index contributed by atoms with van der Waals surface area (Å²) in [5, 5.41) is 2.75. The third-order valence-electron chi connectivity index (χ3n) is 5.44. The predicted octanol–water partition coefficient (Wildman–Crippen LogP) is -0.390. The number of nitrogens with zero attached hydrogens (tertiary/aromatic N) is 2. The minimum absolute atomic E-state index is 0.0214. The van der Waals surface area contributed by atoms with Gasteiger partial charge in [-0.1, -0.05) is 6.92 Å². The van der Waals surface area contributed by atoms with E-state index in [4.69, 9.17) is 4.74 Å². The first-order valence-electron chi connectivity index (χ1n) is 8.47. The molecule has 0 radical (unpaired) electrons. The van der Waals surface area contributed by atoms with E-state index in [9.17, 15) is 14.4 Å². The van der Waals surface area contributed by atoms with Crippen LogP contribution in [0.2, 0.25) is 0 Å². The van der Waals surface area contributed by atoms with Crippen LogP contribution in [0.3, 0.4) is 0 Å². The van der Waals surface area contributed by atoms with Crippen LogP contribution in [-0.4, -0.2) is 73.5 Å². The fourth-order valence-corrected chi connectivity index (χ4v) is 4.05. The molecule has 23 heavy (non-hydrogen) atoms. The van der Waals surface area contributed by atoms with Crippen LogP contribution in [0.1, 0.15) is 26.2 Å². The Kier molecular flexibility index (Phi) is 4.57. The Balaban J connectivity index is 1.80. The summed E-state index contributed by atoms with van der Waals surface area (Å²) in [6, 6.07) is 0. The molecular formula is C16H25N3O4. The van der Waals surface area contributed by atoms with Gasteiger partial charge in [-0.05, 0) is 12.8 Å². The largest absolute Gasteiger partial charge is 0.381 e. The molecule has 1 N–H and O–H groups in total. The molecule has 3 fully saturated rings. The highest BCUT2D eigenvalue weighted by Crippen LogP contribution is 2.45. The zero-order valence-electron chi connectivity index (χ0n) is 13.7. The van der Waals surface area contributed by atoms with Gasteiger partial charge in [0.15, 0.2) is 0 Å². The Labute approximate surface area is 136 Å². The Morgan fingerprint density at radius 3 is 2.70 bits per heavy atom. The van der Waals surface area contributed by atoms with E-state index in [1.807, 2.05) is 11.8 Å². The maximum atomic E-state index is 13.0. The Morgan fingerprint density at radius 1 is 1.30 bits per heavy atom. The average Bonchev–Trinajstić information content (AvgIpc) is 2.93. The van der Waals surface area contributed by atoms with E-state index in [-0.39, 0.29) is 35.6 Å². The molecule has 3 rings (SSSR count). The summed E-state index contributed by atoms with van der Waals surface area (Å²) < 4.78 is 5.48. The van der Waals surface area contributed by atoms with Gasteiger partial charge < -0.3 is 19.9 Å². The smallest absolute Gasteiger partial charge is 0.239 e. The van der Waals surface area contributed by atoms with Crippen molar-refractivity contribution in [3.63, 3.8) is 0 Å². The molecule has 0 aromatic rings. The minimum atomic E-state index is -0.215. The molecule has 7 heteroatoms. The normalized spacial score (nSPS) is 27.2. The summed E-state index contributed by atoms with van der Waals surface area (Å²) in [5.74, 6) is -0.200. The molecule has 0 aromatic carbocycles. The lowest BCUT2D eigenvalue weighted by Gasteiger charge is -2.39. The Morgan fingerprint density at radius 2 is 2.04 bits per heavy atom. The van der Waals surface area contributed by atoms with Crippen LogP contribution in [0.15, 0.2) is 0 Å². The molecule has 0 bridgehead atoms. The maximum absolute atomic E-state index is 13.0. The second kappa shape index (κ2) is 6.47. The summed E-state index contributed by atoms with van der Waals surface area (Å²) >= 11 is 0. The zero-order valence-corrected chi connectivity index (χ0v) is 13.7. The van der Waals surface area contributed by atoms with Crippen LogP contribution in [0.4, 0.5) is 0 Å². The first kappa shape index (κ1) is 16.2. The summed E-state index contributed by atoms with van der Waals surface area (Å²) in [6.07, 6.45) is 2.06. The molecule has 3 saturated heterocycles. The van der Waals surface area contributed by atoms with Gasteiger partial charge in [-0.25, -0.2) is 0 Å². The second-order valence-electron chi connectivity index (χ2n) is 6.76. The van der Waals surface area contributed by atoms with E-state index in [2.05, 4.69) is 5.32 Å². The van der Waals surface area contributed by atoms with Crippen molar-refractivity contribution in [1.29, 1.82) is 0 Å². The van der Waals surface area contributed by atoms with Gasteiger partial charge in [-0.2, -0.15) is 0 Å². The summed E-state index contributed by atoms with van der Waals surface area (Å²) in [4.78, 5) is 40.3. The van der Waals surface area contributed by atoms with Crippen LogP contribution < -0.4 is 5.32 Å². The van der Waals surface area contributed by atoms with Crippen LogP contribution in [0, 0.1) is 11.3 Å². The van der Waals surface area contributed by atoms with E-state index in [0.29, 0.717) is 45.8 Å². The van der Waals surface area contributed by atoms with Crippen molar-refractivity contribution in [2.75, 3.05) is 45.9 Å². The first-order valence-corrected chi connectivity index (χ1v) is 8.47. The third-order valence-corrected chi connectivity index (χ3v) is 5.44. The molecule has 3 amide bonds. The van der Waals surface area contributed by atoms with Crippen molar-refractivity contribution >= 4 is 17.7 Å². The Hall–Kier alpha value is -1.63. The number of ether oxygens (including phenoxy) is 1. The Bertz CT molecular complexity index is 502. The van der Waals surface area contributed by atoms with Gasteiger partial charge in [-0.15, -0.1) is 0 Å². The van der Waals surface area contributed by atoms with Gasteiger partial charge in [0.25, 0.3) is 0 Å². The molecule has 3 aliphatic rings. The second-order valence-corrected chi connectivity index (χ2v) is 6.76. The van der Waals surface area contributed by atoms with Crippen LogP contribution in [-0.2, 0) is 19.1 Å². The fourth-order valence-electron chi connectivity index (χ4n) is 4.05. The van der Waals surface area contributed by atoms with Gasteiger partial charge in [0.1, 0.15) is 0 Å². The van der Waals surface area contributed by atoms with Crippen LogP contribution >= 0.6 is 0 Å². The maximum Gasteiger partial charge on any atom is 0.239 e. The van der Waals surface area contributed by atoms with Gasteiger partial charge in [0, 0.05) is 51.2 Å². The molecule has 3 heterocycles. The first-order chi connectivity index (χ1) is 11.1. The van der Waals surface area contributed by atoms with Crippen molar-refractivity contribution in [2.24, 2.45) is 11.3 Å². The fraction of sp³-hybridized carbons (Fsp3) is 0.812. The summed E-state index contributed by atoms with van der Waals surface area (Å²) in [7, 11) is 0. The number of likely N-dealkylation sites (tertiary alicyclic amines) is 1. The van der Waals surface area contributed by atoms with Crippen molar-refractivity contribution in [1.82, 2.24) is 15.1 Å². The number of rotatable bonds is 2. The topological polar surface area (TPSA) is 79.0 Å². The molecule has 1 spiro atoms. The van der Waals surface area contributed by atoms with Gasteiger partial charge in [0.05, 0.1) is 12.5 Å². The highest BCUT2D eigenvalue weighted by atomic mass is 16.5. The minimum Gasteiger partial charge on any atom is -0.381 e. The SMILES string of the molecule is CCC(=O)N1CC(C(=O)N2CCNC(=O)C2)C2(CCOCC2)C1. The molecule has 1 unspecified atom stereocenters. The molecular weight excluding hydrogens is 298 g/mol. The van der Waals surface area contributed by atoms with E-state index < -0.39 is 0 Å². The number of hydrogen-bond acceptors (Lipinski definition) is 4. The van der Waals surface area contributed by atoms with Gasteiger partial charge >= 0.3 is 0 Å². The number of hydrogen-bond donors (Lipinski definition) is 1. The number of carbonyl (C=O) groups is 3. The monoisotopic (exact) mass is 323 g/mol. The number of amides is 3. The third kappa shape index (κ3) is 3.06. The molecule has 0 aromatic heterocycles. The molecule has 0 saturated carbocycles. The van der Waals surface area contributed by atoms with Crippen molar-refractivity contribution in [3.8, 4) is 0 Å². The van der Waals surface area contributed by atoms with E-state index in [1.165, 1.54) is 0 Å². The average molecular weight is 323 g/mol. The molecule has 0 aliphatic carbocycles. The lowest BCUT2D eigenvalue weighted by molar-refractivity contribution is -0.145. The van der Waals surface area contributed by atoms with Crippen molar-refractivity contribution in [2.45, 2.75) is 26.2 Å². The van der Waals surface area contributed by atoms with Crippen molar-refractivity contribution < 1.29 is 19.1 Å².